The van der Waals surface area contributed by atoms with Gasteiger partial charge in [-0.3, -0.25) is 9.62 Å². The molecule has 2 unspecified atom stereocenters. The second-order valence-corrected chi connectivity index (χ2v) is 10.2. The van der Waals surface area contributed by atoms with Crippen molar-refractivity contribution in [2.45, 2.75) is 25.0 Å². The van der Waals surface area contributed by atoms with E-state index in [-0.39, 0.29) is 5.60 Å². The highest BCUT2D eigenvalue weighted by Crippen LogP contribution is 2.54. The van der Waals surface area contributed by atoms with Gasteiger partial charge in [0.2, 0.25) is 10.0 Å². The molecule has 1 saturated heterocycles. The molecule has 6 nitrogen and oxygen atoms in total. The van der Waals surface area contributed by atoms with E-state index in [0.29, 0.717) is 17.5 Å². The number of nitrogens with one attached hydrogen (secondary N) is 1. The number of methoxy groups -OCH3 is 2. The second-order valence-electron chi connectivity index (χ2n) is 8.47. The Balaban J connectivity index is 1.55. The standard InChI is InChI=1S/C23H30N2O4S/c1-28-22-11-7-17(8-12-22)14-25-15-19-9-10-20(16-25)23(19,29-2)18-5-4-6-21(13-18)24-30(3,26)27/h4-8,11-13,19-20,24H,9-10,14-16H2,1-3H3. The van der Waals surface area contributed by atoms with Crippen molar-refractivity contribution in [3.8, 4) is 5.75 Å². The molecule has 0 radical (unpaired) electrons. The summed E-state index contributed by atoms with van der Waals surface area (Å²) in [7, 11) is 0.156. The maximum absolute atomic E-state index is 11.7. The van der Waals surface area contributed by atoms with Crippen molar-refractivity contribution in [3.05, 3.63) is 59.7 Å². The SMILES string of the molecule is COc1ccc(CN2CC3CCC(C2)C3(OC)c2cccc(NS(C)(=O)=O)c2)cc1. The minimum atomic E-state index is -3.32. The summed E-state index contributed by atoms with van der Waals surface area (Å²) < 4.78 is 37.5. The third-order valence-corrected chi connectivity index (χ3v) is 7.16. The van der Waals surface area contributed by atoms with Gasteiger partial charge in [0.15, 0.2) is 0 Å². The lowest BCUT2D eigenvalue weighted by atomic mass is 9.74. The van der Waals surface area contributed by atoms with E-state index < -0.39 is 10.0 Å². The second kappa shape index (κ2) is 8.21. The van der Waals surface area contributed by atoms with Crippen molar-refractivity contribution in [3.63, 3.8) is 0 Å². The van der Waals surface area contributed by atoms with Gasteiger partial charge < -0.3 is 9.47 Å². The van der Waals surface area contributed by atoms with Crippen LogP contribution in [-0.2, 0) is 26.9 Å². The number of ether oxygens (including phenoxy) is 2. The van der Waals surface area contributed by atoms with E-state index in [4.69, 9.17) is 9.47 Å². The van der Waals surface area contributed by atoms with Crippen LogP contribution in [0.4, 0.5) is 5.69 Å². The van der Waals surface area contributed by atoms with Gasteiger partial charge in [-0.2, -0.15) is 0 Å². The van der Waals surface area contributed by atoms with Gasteiger partial charge in [0.1, 0.15) is 11.4 Å². The number of rotatable bonds is 7. The summed E-state index contributed by atoms with van der Waals surface area (Å²) in [5.74, 6) is 1.61. The maximum atomic E-state index is 11.7. The van der Waals surface area contributed by atoms with Gasteiger partial charge in [0.05, 0.1) is 13.4 Å². The van der Waals surface area contributed by atoms with Crippen molar-refractivity contribution in [1.82, 2.24) is 4.90 Å². The minimum absolute atomic E-state index is 0.369. The number of fused-ring (bicyclic) bond motifs is 2. The Hall–Kier alpha value is -2.09. The highest BCUT2D eigenvalue weighted by atomic mass is 32.2. The van der Waals surface area contributed by atoms with Crippen molar-refractivity contribution in [2.24, 2.45) is 11.8 Å². The molecule has 1 heterocycles. The summed E-state index contributed by atoms with van der Waals surface area (Å²) in [6.07, 6.45) is 3.40. The molecule has 7 heteroatoms. The van der Waals surface area contributed by atoms with Crippen LogP contribution in [0.25, 0.3) is 0 Å². The first-order valence-electron chi connectivity index (χ1n) is 10.3. The molecule has 4 rings (SSSR count). The summed E-state index contributed by atoms with van der Waals surface area (Å²) in [6.45, 7) is 2.83. The molecule has 1 saturated carbocycles. The molecular weight excluding hydrogens is 400 g/mol. The molecule has 2 bridgehead atoms. The number of benzene rings is 2. The van der Waals surface area contributed by atoms with Crippen LogP contribution in [0, 0.1) is 11.8 Å². The van der Waals surface area contributed by atoms with Gasteiger partial charge >= 0.3 is 0 Å². The molecule has 1 aliphatic carbocycles. The number of nitrogens with zero attached hydrogens (tertiary/aromatic N) is 1. The Morgan fingerprint density at radius 1 is 1.07 bits per heavy atom. The quantitative estimate of drug-likeness (QED) is 0.729. The number of hydrogen-bond acceptors (Lipinski definition) is 5. The molecule has 1 aliphatic heterocycles. The number of sulfonamides is 1. The summed E-state index contributed by atoms with van der Waals surface area (Å²) in [4.78, 5) is 2.51. The fourth-order valence-corrected chi connectivity index (χ4v) is 5.95. The first-order chi connectivity index (χ1) is 14.3. The molecule has 2 aromatic rings. The lowest BCUT2D eigenvalue weighted by Crippen LogP contribution is -2.52. The summed E-state index contributed by atoms with van der Waals surface area (Å²) in [5, 5.41) is 0. The van der Waals surface area contributed by atoms with Crippen LogP contribution in [0.2, 0.25) is 0 Å². The zero-order valence-corrected chi connectivity index (χ0v) is 18.6. The normalized spacial score (nSPS) is 26.5. The fourth-order valence-electron chi connectivity index (χ4n) is 5.40. The molecule has 30 heavy (non-hydrogen) atoms. The monoisotopic (exact) mass is 430 g/mol. The van der Waals surface area contributed by atoms with Gasteiger partial charge in [-0.25, -0.2) is 8.42 Å². The topological polar surface area (TPSA) is 67.9 Å². The van der Waals surface area contributed by atoms with Gasteiger partial charge in [-0.05, 0) is 48.2 Å². The van der Waals surface area contributed by atoms with Crippen LogP contribution >= 0.6 is 0 Å². The Morgan fingerprint density at radius 2 is 1.73 bits per heavy atom. The Labute approximate surface area is 179 Å². The van der Waals surface area contributed by atoms with Crippen molar-refractivity contribution in [2.75, 3.05) is 38.3 Å². The smallest absolute Gasteiger partial charge is 0.229 e. The predicted octanol–water partition coefficient (Wildman–Crippen LogP) is 3.45. The summed E-state index contributed by atoms with van der Waals surface area (Å²) in [5.41, 5.74) is 2.56. The van der Waals surface area contributed by atoms with E-state index in [0.717, 1.165) is 43.8 Å². The average molecular weight is 431 g/mol. The van der Waals surface area contributed by atoms with Gasteiger partial charge in [-0.1, -0.05) is 24.3 Å². The Morgan fingerprint density at radius 3 is 2.30 bits per heavy atom. The zero-order valence-electron chi connectivity index (χ0n) is 17.8. The maximum Gasteiger partial charge on any atom is 0.229 e. The van der Waals surface area contributed by atoms with Crippen molar-refractivity contribution in [1.29, 1.82) is 0 Å². The van der Waals surface area contributed by atoms with E-state index >= 15 is 0 Å². The van der Waals surface area contributed by atoms with Gasteiger partial charge in [0, 0.05) is 44.3 Å². The highest BCUT2D eigenvalue weighted by Gasteiger charge is 2.55. The van der Waals surface area contributed by atoms with Gasteiger partial charge in [-0.15, -0.1) is 0 Å². The van der Waals surface area contributed by atoms with Crippen LogP contribution < -0.4 is 9.46 Å². The largest absolute Gasteiger partial charge is 0.497 e. The van der Waals surface area contributed by atoms with Gasteiger partial charge in [0.25, 0.3) is 0 Å². The lowest BCUT2D eigenvalue weighted by molar-refractivity contribution is -0.120. The molecule has 2 aliphatic rings. The van der Waals surface area contributed by atoms with E-state index in [1.54, 1.807) is 20.3 Å². The Bertz CT molecular complexity index is 977. The first-order valence-corrected chi connectivity index (χ1v) is 12.2. The highest BCUT2D eigenvalue weighted by molar-refractivity contribution is 7.92. The molecular formula is C23H30N2O4S. The molecule has 2 atom stereocenters. The van der Waals surface area contributed by atoms with Crippen LogP contribution in [0.15, 0.2) is 48.5 Å². The molecule has 2 fully saturated rings. The first kappa shape index (κ1) is 21.2. The van der Waals surface area contributed by atoms with Crippen LogP contribution in [0.1, 0.15) is 24.0 Å². The van der Waals surface area contributed by atoms with E-state index in [1.165, 1.54) is 11.8 Å². The molecule has 1 N–H and O–H groups in total. The average Bonchev–Trinajstić information content (AvgIpc) is 2.91. The molecule has 0 amide bonds. The number of piperidine rings is 1. The van der Waals surface area contributed by atoms with Crippen LogP contribution in [-0.4, -0.2) is 46.9 Å². The van der Waals surface area contributed by atoms with E-state index in [9.17, 15) is 8.42 Å². The molecule has 162 valence electrons. The molecule has 0 aromatic heterocycles. The van der Waals surface area contributed by atoms with Crippen molar-refractivity contribution >= 4 is 15.7 Å². The minimum Gasteiger partial charge on any atom is -0.497 e. The number of likely N-dealkylation sites (tertiary alicyclic amines) is 1. The molecule has 0 spiro atoms. The number of anilines is 1. The summed E-state index contributed by atoms with van der Waals surface area (Å²) in [6, 6.07) is 16.0. The fraction of sp³-hybridized carbons (Fsp3) is 0.478. The molecule has 2 aromatic carbocycles. The third-order valence-electron chi connectivity index (χ3n) is 6.55. The van der Waals surface area contributed by atoms with Crippen LogP contribution in [0.3, 0.4) is 0 Å². The van der Waals surface area contributed by atoms with Crippen LogP contribution in [0.5, 0.6) is 5.75 Å². The zero-order chi connectivity index (χ0) is 21.4. The van der Waals surface area contributed by atoms with E-state index in [2.05, 4.69) is 27.8 Å². The van der Waals surface area contributed by atoms with E-state index in [1.807, 2.05) is 24.3 Å². The summed E-state index contributed by atoms with van der Waals surface area (Å²) >= 11 is 0. The predicted molar refractivity (Wildman–Crippen MR) is 118 cm³/mol. The number of hydrogen-bond donors (Lipinski definition) is 1. The van der Waals surface area contributed by atoms with Crippen molar-refractivity contribution < 1.29 is 17.9 Å². The lowest BCUT2D eigenvalue weighted by Gasteiger charge is -2.47. The Kier molecular flexibility index (Phi) is 5.79. The third kappa shape index (κ3) is 4.06.